The van der Waals surface area contributed by atoms with Gasteiger partial charge in [0.2, 0.25) is 0 Å². The van der Waals surface area contributed by atoms with Crippen LogP contribution in [0.4, 0.5) is 0 Å². The van der Waals surface area contributed by atoms with Crippen LogP contribution in [-0.2, 0) is 0 Å². The molecule has 1 atom stereocenters. The van der Waals surface area contributed by atoms with Gasteiger partial charge >= 0.3 is 0 Å². The first-order chi connectivity index (χ1) is 13.3. The second-order valence-electron chi connectivity index (χ2n) is 6.10. The molecule has 1 aliphatic rings. The van der Waals surface area contributed by atoms with Crippen LogP contribution in [0.1, 0.15) is 11.9 Å². The molecule has 5 rings (SSSR count). The second kappa shape index (κ2) is 6.28. The smallest absolute Gasteiger partial charge is 0.253 e. The van der Waals surface area contributed by atoms with E-state index in [1.165, 1.54) is 0 Å². The summed E-state index contributed by atoms with van der Waals surface area (Å²) in [4.78, 5) is 8.87. The van der Waals surface area contributed by atoms with Gasteiger partial charge in [-0.15, -0.1) is 5.10 Å². The first-order valence-electron chi connectivity index (χ1n) is 8.56. The Bertz CT molecular complexity index is 1110. The van der Waals surface area contributed by atoms with Crippen LogP contribution in [0.25, 0.3) is 17.0 Å². The molecule has 27 heavy (non-hydrogen) atoms. The number of aromatic nitrogens is 4. The monoisotopic (exact) mass is 360 g/mol. The predicted molar refractivity (Wildman–Crippen MR) is 98.1 cm³/mol. The zero-order valence-electron chi connectivity index (χ0n) is 14.6. The Kier molecular flexibility index (Phi) is 3.64. The van der Waals surface area contributed by atoms with Gasteiger partial charge < -0.3 is 14.2 Å². The number of methoxy groups -OCH3 is 1. The van der Waals surface area contributed by atoms with Gasteiger partial charge in [-0.3, -0.25) is 0 Å². The van der Waals surface area contributed by atoms with E-state index in [2.05, 4.69) is 15.1 Å². The average Bonchev–Trinajstić information content (AvgIpc) is 3.18. The Balaban J connectivity index is 1.52. The third-order valence-corrected chi connectivity index (χ3v) is 4.44. The minimum Gasteiger partial charge on any atom is -0.497 e. The van der Waals surface area contributed by atoms with Crippen molar-refractivity contribution in [3.63, 3.8) is 0 Å². The van der Waals surface area contributed by atoms with Crippen LogP contribution < -0.4 is 14.2 Å². The molecule has 1 aliphatic heterocycles. The second-order valence-corrected chi connectivity index (χ2v) is 6.10. The highest BCUT2D eigenvalue weighted by atomic mass is 16.6. The first-order valence-corrected chi connectivity index (χ1v) is 8.56. The van der Waals surface area contributed by atoms with Crippen molar-refractivity contribution in [2.75, 3.05) is 13.7 Å². The standard InChI is InChI=1S/C20H16N4O3/c1-25-14-8-6-13(7-9-14)15-10-11-21-20-22-19(23-24(15)20)18-12-26-16-4-2-3-5-17(16)27-18/h2-11,18H,12H2,1H3/t18-/m1/s1. The van der Waals surface area contributed by atoms with Gasteiger partial charge in [0.15, 0.2) is 23.4 Å². The normalized spacial score (nSPS) is 15.7. The number of para-hydroxylation sites is 2. The minimum absolute atomic E-state index is 0.353. The Morgan fingerprint density at radius 1 is 1.04 bits per heavy atom. The molecule has 2 aromatic carbocycles. The third-order valence-electron chi connectivity index (χ3n) is 4.44. The van der Waals surface area contributed by atoms with E-state index >= 15 is 0 Å². The lowest BCUT2D eigenvalue weighted by Gasteiger charge is -2.24. The van der Waals surface area contributed by atoms with Crippen LogP contribution in [0.3, 0.4) is 0 Å². The number of fused-ring (bicyclic) bond motifs is 2. The SMILES string of the molecule is COc1ccc(-c2ccnc3nc([C@H]4COc5ccccc5O4)nn23)cc1. The maximum absolute atomic E-state index is 6.02. The van der Waals surface area contributed by atoms with Crippen molar-refractivity contribution >= 4 is 5.78 Å². The molecule has 0 fully saturated rings. The van der Waals surface area contributed by atoms with Crippen molar-refractivity contribution in [3.05, 3.63) is 66.6 Å². The molecule has 0 saturated carbocycles. The Hall–Kier alpha value is -3.61. The van der Waals surface area contributed by atoms with Crippen molar-refractivity contribution in [2.45, 2.75) is 6.10 Å². The summed E-state index contributed by atoms with van der Waals surface area (Å²) in [5, 5.41) is 4.64. The third kappa shape index (κ3) is 2.73. The molecule has 3 heterocycles. The maximum atomic E-state index is 6.02. The number of hydrogen-bond donors (Lipinski definition) is 0. The molecule has 0 aliphatic carbocycles. The number of ether oxygens (including phenoxy) is 3. The summed E-state index contributed by atoms with van der Waals surface area (Å²) < 4.78 is 18.7. The van der Waals surface area contributed by atoms with Crippen LogP contribution in [0.15, 0.2) is 60.8 Å². The van der Waals surface area contributed by atoms with Gasteiger partial charge in [-0.25, -0.2) is 4.98 Å². The molecule has 0 spiro atoms. The lowest BCUT2D eigenvalue weighted by molar-refractivity contribution is 0.0852. The highest BCUT2D eigenvalue weighted by molar-refractivity contribution is 5.62. The van der Waals surface area contributed by atoms with Crippen molar-refractivity contribution < 1.29 is 14.2 Å². The highest BCUT2D eigenvalue weighted by Gasteiger charge is 2.26. The molecule has 0 N–H and O–H groups in total. The topological polar surface area (TPSA) is 70.8 Å². The fourth-order valence-electron chi connectivity index (χ4n) is 3.07. The molecule has 0 bridgehead atoms. The van der Waals surface area contributed by atoms with Crippen molar-refractivity contribution in [3.8, 4) is 28.5 Å². The Morgan fingerprint density at radius 2 is 1.85 bits per heavy atom. The van der Waals surface area contributed by atoms with Crippen LogP contribution >= 0.6 is 0 Å². The Labute approximate surface area is 155 Å². The summed E-state index contributed by atoms with van der Waals surface area (Å²) in [6.07, 6.45) is 1.34. The van der Waals surface area contributed by atoms with Crippen molar-refractivity contribution in [1.82, 2.24) is 19.6 Å². The van der Waals surface area contributed by atoms with Gasteiger partial charge in [0, 0.05) is 11.8 Å². The largest absolute Gasteiger partial charge is 0.497 e. The lowest BCUT2D eigenvalue weighted by atomic mass is 10.1. The molecule has 0 saturated heterocycles. The number of nitrogens with zero attached hydrogens (tertiary/aromatic N) is 4. The fourth-order valence-corrected chi connectivity index (χ4v) is 3.07. The van der Waals surface area contributed by atoms with Crippen LogP contribution in [-0.4, -0.2) is 33.3 Å². The lowest BCUT2D eigenvalue weighted by Crippen LogP contribution is -2.22. The number of rotatable bonds is 3. The van der Waals surface area contributed by atoms with Gasteiger partial charge in [-0.1, -0.05) is 12.1 Å². The van der Waals surface area contributed by atoms with Crippen LogP contribution in [0, 0.1) is 0 Å². The van der Waals surface area contributed by atoms with Gasteiger partial charge in [-0.05, 0) is 42.5 Å². The summed E-state index contributed by atoms with van der Waals surface area (Å²) in [5.41, 5.74) is 1.88. The van der Waals surface area contributed by atoms with E-state index in [0.717, 1.165) is 22.8 Å². The van der Waals surface area contributed by atoms with E-state index in [1.807, 2.05) is 54.6 Å². The molecular formula is C20H16N4O3. The van der Waals surface area contributed by atoms with E-state index in [9.17, 15) is 0 Å². The van der Waals surface area contributed by atoms with E-state index in [0.29, 0.717) is 24.0 Å². The van der Waals surface area contributed by atoms with Gasteiger partial charge in [-0.2, -0.15) is 9.50 Å². The van der Waals surface area contributed by atoms with Crippen LogP contribution in [0.2, 0.25) is 0 Å². The van der Waals surface area contributed by atoms with E-state index in [-0.39, 0.29) is 6.10 Å². The zero-order chi connectivity index (χ0) is 18.2. The van der Waals surface area contributed by atoms with Gasteiger partial charge in [0.05, 0.1) is 12.8 Å². The summed E-state index contributed by atoms with van der Waals surface area (Å²) >= 11 is 0. The summed E-state index contributed by atoms with van der Waals surface area (Å²) in [7, 11) is 1.65. The van der Waals surface area contributed by atoms with E-state index in [1.54, 1.807) is 17.8 Å². The van der Waals surface area contributed by atoms with Gasteiger partial charge in [0.1, 0.15) is 12.4 Å². The minimum atomic E-state index is -0.384. The molecule has 4 aromatic rings. The highest BCUT2D eigenvalue weighted by Crippen LogP contribution is 2.35. The molecule has 134 valence electrons. The molecule has 0 unspecified atom stereocenters. The predicted octanol–water partition coefficient (Wildman–Crippen LogP) is 3.31. The number of hydrogen-bond acceptors (Lipinski definition) is 6. The van der Waals surface area contributed by atoms with Crippen LogP contribution in [0.5, 0.6) is 17.2 Å². The molecule has 0 radical (unpaired) electrons. The van der Waals surface area contributed by atoms with Gasteiger partial charge in [0.25, 0.3) is 5.78 Å². The average molecular weight is 360 g/mol. The van der Waals surface area contributed by atoms with Crippen molar-refractivity contribution in [1.29, 1.82) is 0 Å². The summed E-state index contributed by atoms with van der Waals surface area (Å²) in [6, 6.07) is 17.3. The molecule has 7 nitrogen and oxygen atoms in total. The molecular weight excluding hydrogens is 344 g/mol. The first kappa shape index (κ1) is 15.6. The summed E-state index contributed by atoms with van der Waals surface area (Å²) in [6.45, 7) is 0.353. The Morgan fingerprint density at radius 3 is 2.67 bits per heavy atom. The van der Waals surface area contributed by atoms with Crippen molar-refractivity contribution in [2.24, 2.45) is 0 Å². The maximum Gasteiger partial charge on any atom is 0.253 e. The van der Waals surface area contributed by atoms with E-state index < -0.39 is 0 Å². The zero-order valence-corrected chi connectivity index (χ0v) is 14.6. The quantitative estimate of drug-likeness (QED) is 0.558. The molecule has 7 heteroatoms. The van der Waals surface area contributed by atoms with E-state index in [4.69, 9.17) is 14.2 Å². The molecule has 0 amide bonds. The molecule has 2 aromatic heterocycles. The number of benzene rings is 2. The summed E-state index contributed by atoms with van der Waals surface area (Å²) in [5.74, 6) is 3.28. The fraction of sp³-hybridized carbons (Fsp3) is 0.150.